The van der Waals surface area contributed by atoms with E-state index in [0.29, 0.717) is 6.54 Å². The number of phenols is 1. The Balaban J connectivity index is 0.00000423. The number of carbonyl (C=O) groups is 3. The van der Waals surface area contributed by atoms with Gasteiger partial charge in [-0.1, -0.05) is 62.0 Å². The molecule has 3 aromatic rings. The lowest BCUT2D eigenvalue weighted by Gasteiger charge is -2.55. The minimum atomic E-state index is -0.821. The highest BCUT2D eigenvalue weighted by atomic mass is 16.3. The largest absolute Gasteiger partial charge is 0.508 e. The number of piperazine rings is 1. The first-order valence-corrected chi connectivity index (χ1v) is 14.1. The lowest BCUT2D eigenvalue weighted by Crippen LogP contribution is -2.76. The van der Waals surface area contributed by atoms with E-state index >= 15 is 0 Å². The number of phenolic OH excluding ortho intramolecular Hbond substituents is 1. The van der Waals surface area contributed by atoms with E-state index < -0.39 is 12.2 Å². The van der Waals surface area contributed by atoms with E-state index in [0.717, 1.165) is 22.4 Å². The van der Waals surface area contributed by atoms with Gasteiger partial charge in [0.15, 0.2) is 0 Å². The summed E-state index contributed by atoms with van der Waals surface area (Å²) < 4.78 is 0. The zero-order chi connectivity index (χ0) is 30.0. The van der Waals surface area contributed by atoms with Crippen molar-refractivity contribution >= 4 is 23.5 Å². The van der Waals surface area contributed by atoms with E-state index in [1.807, 2.05) is 74.4 Å². The van der Waals surface area contributed by atoms with Crippen LogP contribution in [-0.2, 0) is 22.6 Å². The van der Waals surface area contributed by atoms with Gasteiger partial charge in [0.2, 0.25) is 11.8 Å². The summed E-state index contributed by atoms with van der Waals surface area (Å²) in [6.45, 7) is 2.44. The fourth-order valence-electron chi connectivity index (χ4n) is 5.77. The predicted octanol–water partition coefficient (Wildman–Crippen LogP) is 3.84. The summed E-state index contributed by atoms with van der Waals surface area (Å²) in [4.78, 5) is 46.9. The summed E-state index contributed by atoms with van der Waals surface area (Å²) in [6.07, 6.45) is -0.447. The van der Waals surface area contributed by atoms with Crippen molar-refractivity contribution in [3.8, 4) is 5.75 Å². The van der Waals surface area contributed by atoms with E-state index in [4.69, 9.17) is 0 Å². The standard InChI is InChI=1S/C32H38N6O4.CH4/c1-22(25-11-8-12-26(18-25)34(2)3)36-20-29-37(28(31(36)41)17-23-13-15-27(39)16-14-23)30(40)21-35(4)38(29)32(42)33-19-24-9-6-5-7-10-24;/h5-16,18,22,28-29,39H,17,19-21H2,1-4H3,(H,33,42);1H4/t22-,28+,29+;/m1./s1. The van der Waals surface area contributed by atoms with Gasteiger partial charge < -0.3 is 25.1 Å². The third kappa shape index (κ3) is 6.59. The molecular weight excluding hydrogens is 544 g/mol. The number of fused-ring (bicyclic) bond motifs is 1. The second-order valence-electron chi connectivity index (χ2n) is 11.1. The minimum absolute atomic E-state index is 0. The van der Waals surface area contributed by atoms with Gasteiger partial charge in [-0.25, -0.2) is 14.8 Å². The SMILES string of the molecule is C.C[C@H](c1cccc(N(C)C)c1)N1C[C@H]2N(C(=O)CN(C)N2C(=O)NCc2ccccc2)[C@@H](Cc2ccc(O)cc2)C1=O. The molecule has 0 bridgehead atoms. The lowest BCUT2D eigenvalue weighted by atomic mass is 9.96. The molecule has 5 rings (SSSR count). The molecular formula is C33H42N6O4. The number of aromatic hydroxyl groups is 1. The van der Waals surface area contributed by atoms with Crippen molar-refractivity contribution in [2.45, 2.75) is 45.6 Å². The van der Waals surface area contributed by atoms with Gasteiger partial charge in [0.1, 0.15) is 18.0 Å². The van der Waals surface area contributed by atoms with Gasteiger partial charge in [0.25, 0.3) is 0 Å². The molecule has 0 aromatic heterocycles. The van der Waals surface area contributed by atoms with Crippen LogP contribution in [0.5, 0.6) is 5.75 Å². The molecule has 3 atom stereocenters. The molecule has 2 N–H and O–H groups in total. The van der Waals surface area contributed by atoms with Crippen LogP contribution in [0.2, 0.25) is 0 Å². The Morgan fingerprint density at radius 2 is 1.70 bits per heavy atom. The molecule has 0 radical (unpaired) electrons. The number of urea groups is 1. The molecule has 0 aliphatic carbocycles. The number of amides is 4. The summed E-state index contributed by atoms with van der Waals surface area (Å²) in [5, 5.41) is 16.0. The van der Waals surface area contributed by atoms with Crippen molar-refractivity contribution in [2.75, 3.05) is 39.1 Å². The number of benzene rings is 3. The number of rotatable bonds is 7. The third-order valence-corrected chi connectivity index (χ3v) is 8.08. The van der Waals surface area contributed by atoms with Gasteiger partial charge in [0, 0.05) is 39.8 Å². The van der Waals surface area contributed by atoms with E-state index in [-0.39, 0.29) is 56.6 Å². The van der Waals surface area contributed by atoms with Crippen LogP contribution in [0.4, 0.5) is 10.5 Å². The Hall–Kier alpha value is -4.57. The molecule has 10 nitrogen and oxygen atoms in total. The van der Waals surface area contributed by atoms with Crippen LogP contribution < -0.4 is 10.2 Å². The van der Waals surface area contributed by atoms with Crippen molar-refractivity contribution < 1.29 is 19.5 Å². The number of nitrogens with zero attached hydrogens (tertiary/aromatic N) is 5. The van der Waals surface area contributed by atoms with Crippen LogP contribution in [0.3, 0.4) is 0 Å². The van der Waals surface area contributed by atoms with Crippen LogP contribution in [0.15, 0.2) is 78.9 Å². The quantitative estimate of drug-likeness (QED) is 0.437. The number of anilines is 1. The number of carbonyl (C=O) groups excluding carboxylic acids is 3. The maximum atomic E-state index is 14.2. The van der Waals surface area contributed by atoms with Crippen molar-refractivity contribution in [2.24, 2.45) is 0 Å². The Bertz CT molecular complexity index is 1430. The topological polar surface area (TPSA) is 99.7 Å². The molecule has 2 aliphatic rings. The molecule has 3 aromatic carbocycles. The fraction of sp³-hybridized carbons (Fsp3) is 0.364. The molecule has 43 heavy (non-hydrogen) atoms. The highest BCUT2D eigenvalue weighted by molar-refractivity contribution is 5.92. The summed E-state index contributed by atoms with van der Waals surface area (Å²) in [7, 11) is 5.66. The Morgan fingerprint density at radius 1 is 1.00 bits per heavy atom. The molecule has 228 valence electrons. The summed E-state index contributed by atoms with van der Waals surface area (Å²) in [5.41, 5.74) is 3.74. The van der Waals surface area contributed by atoms with Gasteiger partial charge >= 0.3 is 6.03 Å². The Morgan fingerprint density at radius 3 is 2.37 bits per heavy atom. The zero-order valence-corrected chi connectivity index (χ0v) is 24.5. The smallest absolute Gasteiger partial charge is 0.334 e. The van der Waals surface area contributed by atoms with Gasteiger partial charge in [-0.3, -0.25) is 9.59 Å². The van der Waals surface area contributed by atoms with Crippen LogP contribution in [0.25, 0.3) is 0 Å². The van der Waals surface area contributed by atoms with Crippen molar-refractivity contribution in [3.63, 3.8) is 0 Å². The van der Waals surface area contributed by atoms with Gasteiger partial charge in [-0.2, -0.15) is 0 Å². The van der Waals surface area contributed by atoms with E-state index in [1.54, 1.807) is 51.1 Å². The van der Waals surface area contributed by atoms with Crippen LogP contribution in [0.1, 0.15) is 37.1 Å². The number of nitrogens with one attached hydrogen (secondary N) is 1. The summed E-state index contributed by atoms with van der Waals surface area (Å²) in [6, 6.07) is 22.8. The molecule has 4 amide bonds. The molecule has 0 saturated carbocycles. The van der Waals surface area contributed by atoms with Crippen LogP contribution in [0, 0.1) is 0 Å². The molecule has 2 aliphatic heterocycles. The first-order valence-electron chi connectivity index (χ1n) is 14.1. The maximum absolute atomic E-state index is 14.2. The maximum Gasteiger partial charge on any atom is 0.334 e. The number of hydrazine groups is 1. The zero-order valence-electron chi connectivity index (χ0n) is 24.5. The van der Waals surface area contributed by atoms with Gasteiger partial charge in [0.05, 0.1) is 19.1 Å². The highest BCUT2D eigenvalue weighted by Crippen LogP contribution is 2.33. The Kier molecular flexibility index (Phi) is 9.60. The first-order chi connectivity index (χ1) is 20.1. The first kappa shape index (κ1) is 31.4. The normalized spacial score (nSPS) is 19.4. The number of hydrogen-bond acceptors (Lipinski definition) is 6. The summed E-state index contributed by atoms with van der Waals surface area (Å²) >= 11 is 0. The lowest BCUT2D eigenvalue weighted by molar-refractivity contribution is -0.189. The fourth-order valence-corrected chi connectivity index (χ4v) is 5.77. The monoisotopic (exact) mass is 586 g/mol. The summed E-state index contributed by atoms with van der Waals surface area (Å²) in [5.74, 6) is -0.266. The average Bonchev–Trinajstić information content (AvgIpc) is 2.98. The molecule has 0 unspecified atom stereocenters. The van der Waals surface area contributed by atoms with Gasteiger partial charge in [-0.15, -0.1) is 0 Å². The van der Waals surface area contributed by atoms with Gasteiger partial charge in [-0.05, 0) is 47.9 Å². The molecule has 0 spiro atoms. The van der Waals surface area contributed by atoms with E-state index in [2.05, 4.69) is 11.4 Å². The third-order valence-electron chi connectivity index (χ3n) is 8.08. The van der Waals surface area contributed by atoms with Crippen molar-refractivity contribution in [1.82, 2.24) is 25.1 Å². The number of likely N-dealkylation sites (N-methyl/N-ethyl adjacent to an activating group) is 1. The highest BCUT2D eigenvalue weighted by Gasteiger charge is 2.51. The predicted molar refractivity (Wildman–Crippen MR) is 167 cm³/mol. The Labute approximate surface area is 254 Å². The van der Waals surface area contributed by atoms with Crippen LogP contribution >= 0.6 is 0 Å². The van der Waals surface area contributed by atoms with Crippen molar-refractivity contribution in [1.29, 1.82) is 0 Å². The van der Waals surface area contributed by atoms with E-state index in [9.17, 15) is 19.5 Å². The molecule has 2 heterocycles. The molecule has 2 fully saturated rings. The second kappa shape index (κ2) is 13.2. The van der Waals surface area contributed by atoms with E-state index in [1.165, 1.54) is 0 Å². The minimum Gasteiger partial charge on any atom is -0.508 e. The molecule has 2 saturated heterocycles. The molecule has 10 heteroatoms. The number of hydrogen-bond donors (Lipinski definition) is 2. The van der Waals surface area contributed by atoms with Crippen LogP contribution in [-0.4, -0.2) is 89.2 Å². The van der Waals surface area contributed by atoms with Crippen molar-refractivity contribution in [3.05, 3.63) is 95.6 Å². The second-order valence-corrected chi connectivity index (χ2v) is 11.1. The average molecular weight is 587 g/mol.